The number of hydrogen-bond acceptors (Lipinski definition) is 1. The van der Waals surface area contributed by atoms with E-state index in [9.17, 15) is 0 Å². The van der Waals surface area contributed by atoms with E-state index >= 15 is 0 Å². The van der Waals surface area contributed by atoms with Crippen LogP contribution in [0.25, 0.3) is 6.20 Å². The Morgan fingerprint density at radius 3 is 3.45 bits per heavy atom. The lowest BCUT2D eigenvalue weighted by molar-refractivity contribution is 0.802. The fourth-order valence-electron chi connectivity index (χ4n) is 1.75. The first-order valence-electron chi connectivity index (χ1n) is 3.77. The molecule has 3 heteroatoms. The molecule has 0 aromatic carbocycles. The van der Waals surface area contributed by atoms with Gasteiger partial charge in [-0.15, -0.1) is 0 Å². The molecule has 0 bridgehead atoms. The van der Waals surface area contributed by atoms with Crippen molar-refractivity contribution >= 4 is 22.1 Å². The Bertz CT molecular complexity index is 340. The van der Waals surface area contributed by atoms with Crippen LogP contribution >= 0.6 is 15.9 Å². The van der Waals surface area contributed by atoms with E-state index in [0.29, 0.717) is 0 Å². The first-order chi connectivity index (χ1) is 5.36. The summed E-state index contributed by atoms with van der Waals surface area (Å²) in [4.78, 5) is 0. The summed E-state index contributed by atoms with van der Waals surface area (Å²) < 4.78 is 3.13. The molecular weight excluding hydrogens is 204 g/mol. The van der Waals surface area contributed by atoms with E-state index in [2.05, 4.69) is 33.3 Å². The van der Waals surface area contributed by atoms with Crippen molar-refractivity contribution < 1.29 is 0 Å². The van der Waals surface area contributed by atoms with E-state index in [4.69, 9.17) is 0 Å². The first kappa shape index (κ1) is 6.00. The summed E-state index contributed by atoms with van der Waals surface area (Å²) in [5, 5.41) is 4.22. The first-order valence-corrected chi connectivity index (χ1v) is 4.57. The van der Waals surface area contributed by atoms with Crippen molar-refractivity contribution in [3.05, 3.63) is 22.4 Å². The van der Waals surface area contributed by atoms with Gasteiger partial charge in [0.2, 0.25) is 0 Å². The van der Waals surface area contributed by atoms with E-state index in [1.54, 1.807) is 0 Å². The van der Waals surface area contributed by atoms with Gasteiger partial charge in [-0.3, -0.25) is 0 Å². The van der Waals surface area contributed by atoms with Gasteiger partial charge in [0, 0.05) is 12.1 Å². The van der Waals surface area contributed by atoms with Crippen molar-refractivity contribution in [3.63, 3.8) is 0 Å². The number of fused-ring (bicyclic) bond motifs is 3. The zero-order valence-corrected chi connectivity index (χ0v) is 7.45. The highest BCUT2D eigenvalue weighted by molar-refractivity contribution is 9.10. The van der Waals surface area contributed by atoms with Crippen LogP contribution in [0.1, 0.15) is 18.0 Å². The maximum Gasteiger partial charge on any atom is 0.0639 e. The van der Waals surface area contributed by atoms with Crippen molar-refractivity contribution in [1.29, 1.82) is 0 Å². The molecule has 1 saturated carbocycles. The van der Waals surface area contributed by atoms with E-state index < -0.39 is 0 Å². The lowest BCUT2D eigenvalue weighted by atomic mass is 10.2. The van der Waals surface area contributed by atoms with Gasteiger partial charge in [0.1, 0.15) is 0 Å². The molecule has 0 radical (unpaired) electrons. The molecule has 2 nitrogen and oxygen atoms in total. The van der Waals surface area contributed by atoms with Crippen LogP contribution in [-0.4, -0.2) is 9.78 Å². The third-order valence-electron chi connectivity index (χ3n) is 2.45. The Kier molecular flexibility index (Phi) is 0.969. The van der Waals surface area contributed by atoms with Crippen LogP contribution < -0.4 is 0 Å². The van der Waals surface area contributed by atoms with E-state index in [0.717, 1.165) is 16.3 Å². The largest absolute Gasteiger partial charge is 0.244 e. The molecule has 56 valence electrons. The maximum absolute atomic E-state index is 4.22. The van der Waals surface area contributed by atoms with Gasteiger partial charge < -0.3 is 0 Å². The van der Waals surface area contributed by atoms with Crippen LogP contribution in [0.15, 0.2) is 16.7 Å². The molecule has 2 aliphatic rings. The van der Waals surface area contributed by atoms with Crippen LogP contribution in [0.2, 0.25) is 0 Å². The molecule has 2 heterocycles. The minimum atomic E-state index is 0.747. The molecule has 0 N–H and O–H groups in total. The zero-order valence-electron chi connectivity index (χ0n) is 5.87. The number of allylic oxidation sites excluding steroid dienone is 1. The predicted octanol–water partition coefficient (Wildman–Crippen LogP) is 2.23. The molecule has 0 saturated heterocycles. The summed E-state index contributed by atoms with van der Waals surface area (Å²) in [6, 6.07) is 0. The third kappa shape index (κ3) is 0.692. The number of rotatable bonds is 0. The lowest BCUT2D eigenvalue weighted by Gasteiger charge is -2.05. The summed E-state index contributed by atoms with van der Waals surface area (Å²) in [5.74, 6) is 1.55. The van der Waals surface area contributed by atoms with Crippen LogP contribution in [-0.2, 0) is 0 Å². The highest BCUT2D eigenvalue weighted by Gasteiger charge is 2.41. The second-order valence-electron chi connectivity index (χ2n) is 3.17. The zero-order chi connectivity index (χ0) is 7.42. The summed E-state index contributed by atoms with van der Waals surface area (Å²) in [6.07, 6.45) is 7.49. The summed E-state index contributed by atoms with van der Waals surface area (Å²) in [7, 11) is 0. The minimum Gasteiger partial charge on any atom is -0.244 e. The maximum atomic E-state index is 4.22. The molecule has 1 aromatic rings. The van der Waals surface area contributed by atoms with Gasteiger partial charge in [-0.1, -0.05) is 6.08 Å². The fourth-order valence-corrected chi connectivity index (χ4v) is 2.32. The van der Waals surface area contributed by atoms with Gasteiger partial charge >= 0.3 is 0 Å². The van der Waals surface area contributed by atoms with Crippen molar-refractivity contribution in [3.8, 4) is 0 Å². The van der Waals surface area contributed by atoms with Crippen LogP contribution in [0.4, 0.5) is 0 Å². The molecule has 0 spiro atoms. The van der Waals surface area contributed by atoms with Crippen molar-refractivity contribution in [2.24, 2.45) is 5.92 Å². The molecule has 0 amide bonds. The molecule has 1 aliphatic carbocycles. The highest BCUT2D eigenvalue weighted by Crippen LogP contribution is 2.52. The van der Waals surface area contributed by atoms with Crippen molar-refractivity contribution in [2.45, 2.75) is 12.3 Å². The van der Waals surface area contributed by atoms with Crippen LogP contribution in [0, 0.1) is 5.92 Å². The summed E-state index contributed by atoms with van der Waals surface area (Å²) >= 11 is 3.50. The molecule has 3 rings (SSSR count). The van der Waals surface area contributed by atoms with Gasteiger partial charge in [-0.25, -0.2) is 4.68 Å². The van der Waals surface area contributed by atoms with Crippen molar-refractivity contribution in [2.75, 3.05) is 0 Å². The SMILES string of the molecule is Brc1cnn2c1C1CC1C=C2. The van der Waals surface area contributed by atoms with Crippen LogP contribution in [0.5, 0.6) is 0 Å². The van der Waals surface area contributed by atoms with E-state index in [-0.39, 0.29) is 0 Å². The van der Waals surface area contributed by atoms with E-state index in [1.807, 2.05) is 10.9 Å². The van der Waals surface area contributed by atoms with Crippen molar-refractivity contribution in [1.82, 2.24) is 9.78 Å². The average Bonchev–Trinajstić information content (AvgIpc) is 2.71. The number of aromatic nitrogens is 2. The van der Waals surface area contributed by atoms with Gasteiger partial charge in [0.15, 0.2) is 0 Å². The Labute approximate surface area is 73.0 Å². The topological polar surface area (TPSA) is 17.8 Å². The van der Waals surface area contributed by atoms with Crippen LogP contribution in [0.3, 0.4) is 0 Å². The average molecular weight is 211 g/mol. The monoisotopic (exact) mass is 210 g/mol. The van der Waals surface area contributed by atoms with Gasteiger partial charge in [0.05, 0.1) is 16.4 Å². The third-order valence-corrected chi connectivity index (χ3v) is 3.06. The molecular formula is C8H7BrN2. The van der Waals surface area contributed by atoms with Gasteiger partial charge in [0.25, 0.3) is 0 Å². The number of halogens is 1. The number of nitrogens with zero attached hydrogens (tertiary/aromatic N) is 2. The molecule has 1 aliphatic heterocycles. The van der Waals surface area contributed by atoms with Gasteiger partial charge in [-0.2, -0.15) is 5.10 Å². The smallest absolute Gasteiger partial charge is 0.0639 e. The quantitative estimate of drug-likeness (QED) is 0.643. The molecule has 2 unspecified atom stereocenters. The Hall–Kier alpha value is -0.570. The normalized spacial score (nSPS) is 31.4. The summed E-state index contributed by atoms with van der Waals surface area (Å²) in [6.45, 7) is 0. The second-order valence-corrected chi connectivity index (χ2v) is 4.02. The van der Waals surface area contributed by atoms with E-state index in [1.165, 1.54) is 12.1 Å². The standard InChI is InChI=1S/C8H7BrN2/c9-7-4-10-11-2-1-5-3-6(5)8(7)11/h1-2,4-6H,3H2. The molecule has 1 aromatic heterocycles. The minimum absolute atomic E-state index is 0.747. The Balaban J connectivity index is 2.27. The van der Waals surface area contributed by atoms with Gasteiger partial charge in [-0.05, 0) is 28.3 Å². The molecule has 2 atom stereocenters. The Morgan fingerprint density at radius 1 is 1.64 bits per heavy atom. The number of hydrogen-bond donors (Lipinski definition) is 0. The fraction of sp³-hybridized carbons (Fsp3) is 0.375. The highest BCUT2D eigenvalue weighted by atomic mass is 79.9. The predicted molar refractivity (Wildman–Crippen MR) is 46.1 cm³/mol. The molecule has 11 heavy (non-hydrogen) atoms. The lowest BCUT2D eigenvalue weighted by Crippen LogP contribution is -2.00. The Morgan fingerprint density at radius 2 is 2.55 bits per heavy atom. The molecule has 1 fully saturated rings. The second kappa shape index (κ2) is 1.78. The summed E-state index contributed by atoms with van der Waals surface area (Å²) in [5.41, 5.74) is 1.36.